The standard InChI is InChI=1S/C12H19NO5/c1-16-11(14)3-4-12(15)18-8-2-5-13-6-9-17-10-7-13/h3-4H,2,5-10H2,1H3/p+1. The molecule has 0 saturated carbocycles. The van der Waals surface area contributed by atoms with Crippen LogP contribution >= 0.6 is 0 Å². The van der Waals surface area contributed by atoms with Gasteiger partial charge in [0, 0.05) is 18.6 Å². The van der Waals surface area contributed by atoms with Gasteiger partial charge in [0.25, 0.3) is 0 Å². The van der Waals surface area contributed by atoms with Crippen LogP contribution in [-0.4, -0.2) is 58.5 Å². The Kier molecular flexibility index (Phi) is 7.05. The molecule has 0 amide bonds. The van der Waals surface area contributed by atoms with Gasteiger partial charge in [0.05, 0.1) is 33.5 Å². The number of hydrogen-bond donors (Lipinski definition) is 1. The summed E-state index contributed by atoms with van der Waals surface area (Å²) in [5, 5.41) is 0. The molecule has 6 heteroatoms. The van der Waals surface area contributed by atoms with Gasteiger partial charge in [-0.25, -0.2) is 9.59 Å². The molecule has 18 heavy (non-hydrogen) atoms. The van der Waals surface area contributed by atoms with E-state index in [0.717, 1.165) is 51.4 Å². The maximum Gasteiger partial charge on any atom is 0.331 e. The van der Waals surface area contributed by atoms with Crippen LogP contribution in [0.3, 0.4) is 0 Å². The highest BCUT2D eigenvalue weighted by Crippen LogP contribution is 1.86. The molecule has 1 aliphatic rings. The summed E-state index contributed by atoms with van der Waals surface area (Å²) in [6.07, 6.45) is 2.94. The van der Waals surface area contributed by atoms with Crippen LogP contribution < -0.4 is 4.90 Å². The van der Waals surface area contributed by atoms with Crippen LogP contribution in [0, 0.1) is 0 Å². The molecule has 0 atom stereocenters. The fourth-order valence-electron chi connectivity index (χ4n) is 1.66. The number of rotatable bonds is 6. The summed E-state index contributed by atoms with van der Waals surface area (Å²) in [6, 6.07) is 0. The number of carbonyl (C=O) groups excluding carboxylic acids is 2. The zero-order valence-corrected chi connectivity index (χ0v) is 10.6. The molecule has 102 valence electrons. The third-order valence-corrected chi connectivity index (χ3v) is 2.68. The first-order chi connectivity index (χ1) is 8.72. The lowest BCUT2D eigenvalue weighted by Gasteiger charge is -2.23. The largest absolute Gasteiger partial charge is 0.466 e. The van der Waals surface area contributed by atoms with Gasteiger partial charge in [-0.15, -0.1) is 0 Å². The average molecular weight is 258 g/mol. The third kappa shape index (κ3) is 6.36. The normalized spacial score (nSPS) is 16.7. The molecule has 1 N–H and O–H groups in total. The Bertz CT molecular complexity index is 297. The SMILES string of the molecule is COC(=O)C=CC(=O)OCCC[NH+]1CCOCC1. The molecule has 0 bridgehead atoms. The summed E-state index contributed by atoms with van der Waals surface area (Å²) in [4.78, 5) is 23.4. The molecule has 0 aromatic heterocycles. The van der Waals surface area contributed by atoms with E-state index in [0.29, 0.717) is 6.61 Å². The van der Waals surface area contributed by atoms with Gasteiger partial charge >= 0.3 is 11.9 Å². The number of nitrogens with one attached hydrogen (secondary N) is 1. The summed E-state index contributed by atoms with van der Waals surface area (Å²) in [7, 11) is 1.25. The molecule has 0 aromatic carbocycles. The molecule has 1 aliphatic heterocycles. The average Bonchev–Trinajstić information content (AvgIpc) is 2.42. The van der Waals surface area contributed by atoms with Crippen LogP contribution in [0.2, 0.25) is 0 Å². The second-order valence-electron chi connectivity index (χ2n) is 3.99. The van der Waals surface area contributed by atoms with Crippen molar-refractivity contribution in [1.29, 1.82) is 0 Å². The molecule has 0 aromatic rings. The number of hydrogen-bond acceptors (Lipinski definition) is 5. The lowest BCUT2D eigenvalue weighted by atomic mass is 10.3. The molecule has 0 radical (unpaired) electrons. The third-order valence-electron chi connectivity index (χ3n) is 2.68. The molecule has 1 fully saturated rings. The Hall–Kier alpha value is -1.40. The van der Waals surface area contributed by atoms with E-state index in [2.05, 4.69) is 4.74 Å². The first kappa shape index (κ1) is 14.7. The second-order valence-corrected chi connectivity index (χ2v) is 3.99. The number of ether oxygens (including phenoxy) is 3. The maximum atomic E-state index is 11.2. The monoisotopic (exact) mass is 258 g/mol. The summed E-state index contributed by atoms with van der Waals surface area (Å²) in [5.74, 6) is -1.08. The van der Waals surface area contributed by atoms with Crippen LogP contribution in [0.1, 0.15) is 6.42 Å². The van der Waals surface area contributed by atoms with Crippen LogP contribution in [0.4, 0.5) is 0 Å². The van der Waals surface area contributed by atoms with Gasteiger partial charge < -0.3 is 19.1 Å². The van der Waals surface area contributed by atoms with Crippen LogP contribution in [-0.2, 0) is 23.8 Å². The van der Waals surface area contributed by atoms with Gasteiger partial charge in [0.2, 0.25) is 0 Å². The van der Waals surface area contributed by atoms with Crippen molar-refractivity contribution in [2.75, 3.05) is 46.6 Å². The molecule has 0 spiro atoms. The van der Waals surface area contributed by atoms with E-state index in [1.165, 1.54) is 12.0 Å². The lowest BCUT2D eigenvalue weighted by Crippen LogP contribution is -3.14. The minimum atomic E-state index is -0.565. The van der Waals surface area contributed by atoms with Crippen molar-refractivity contribution in [3.8, 4) is 0 Å². The van der Waals surface area contributed by atoms with E-state index < -0.39 is 11.9 Å². The van der Waals surface area contributed by atoms with E-state index in [-0.39, 0.29) is 0 Å². The molecule has 0 unspecified atom stereocenters. The Labute approximate surface area is 106 Å². The number of methoxy groups -OCH3 is 1. The second kappa shape index (κ2) is 8.66. The predicted molar refractivity (Wildman–Crippen MR) is 63.1 cm³/mol. The first-order valence-electron chi connectivity index (χ1n) is 6.06. The van der Waals surface area contributed by atoms with Crippen molar-refractivity contribution < 1.29 is 28.7 Å². The summed E-state index contributed by atoms with van der Waals surface area (Å²) in [6.45, 7) is 4.96. The summed E-state index contributed by atoms with van der Waals surface area (Å²) in [5.41, 5.74) is 0. The molecule has 0 aliphatic carbocycles. The van der Waals surface area contributed by atoms with Gasteiger partial charge in [0.15, 0.2) is 0 Å². The van der Waals surface area contributed by atoms with Gasteiger partial charge in [-0.1, -0.05) is 0 Å². The zero-order chi connectivity index (χ0) is 13.2. The van der Waals surface area contributed by atoms with Gasteiger partial charge in [0.1, 0.15) is 13.1 Å². The Balaban J connectivity index is 2.04. The smallest absolute Gasteiger partial charge is 0.331 e. The Morgan fingerprint density at radius 3 is 2.56 bits per heavy atom. The minimum Gasteiger partial charge on any atom is -0.466 e. The Morgan fingerprint density at radius 1 is 1.22 bits per heavy atom. The highest BCUT2D eigenvalue weighted by molar-refractivity contribution is 5.91. The van der Waals surface area contributed by atoms with Crippen molar-refractivity contribution in [2.45, 2.75) is 6.42 Å². The highest BCUT2D eigenvalue weighted by atomic mass is 16.5. The molecule has 6 nitrogen and oxygen atoms in total. The van der Waals surface area contributed by atoms with E-state index in [4.69, 9.17) is 9.47 Å². The fourth-order valence-corrected chi connectivity index (χ4v) is 1.66. The van der Waals surface area contributed by atoms with Gasteiger partial charge in [-0.05, 0) is 0 Å². The lowest BCUT2D eigenvalue weighted by molar-refractivity contribution is -0.908. The van der Waals surface area contributed by atoms with Crippen LogP contribution in [0.5, 0.6) is 0 Å². The number of quaternary nitrogens is 1. The van der Waals surface area contributed by atoms with Crippen molar-refractivity contribution in [3.05, 3.63) is 12.2 Å². The number of carbonyl (C=O) groups is 2. The number of esters is 2. The van der Waals surface area contributed by atoms with E-state index in [1.54, 1.807) is 0 Å². The van der Waals surface area contributed by atoms with Gasteiger partial charge in [-0.3, -0.25) is 0 Å². The minimum absolute atomic E-state index is 0.370. The molecule has 1 saturated heterocycles. The molecular weight excluding hydrogens is 238 g/mol. The van der Waals surface area contributed by atoms with Gasteiger partial charge in [-0.2, -0.15) is 0 Å². The summed E-state index contributed by atoms with van der Waals surface area (Å²) < 4.78 is 14.6. The first-order valence-corrected chi connectivity index (χ1v) is 6.06. The Morgan fingerprint density at radius 2 is 1.89 bits per heavy atom. The van der Waals surface area contributed by atoms with Crippen LogP contribution in [0.15, 0.2) is 12.2 Å². The van der Waals surface area contributed by atoms with E-state index in [1.807, 2.05) is 0 Å². The molecule has 1 rings (SSSR count). The van der Waals surface area contributed by atoms with Crippen molar-refractivity contribution >= 4 is 11.9 Å². The summed E-state index contributed by atoms with van der Waals surface area (Å²) >= 11 is 0. The highest BCUT2D eigenvalue weighted by Gasteiger charge is 2.12. The van der Waals surface area contributed by atoms with Crippen molar-refractivity contribution in [2.24, 2.45) is 0 Å². The van der Waals surface area contributed by atoms with Crippen molar-refractivity contribution in [1.82, 2.24) is 0 Å². The zero-order valence-electron chi connectivity index (χ0n) is 10.6. The quantitative estimate of drug-likeness (QED) is 0.359. The topological polar surface area (TPSA) is 66.3 Å². The van der Waals surface area contributed by atoms with Crippen LogP contribution in [0.25, 0.3) is 0 Å². The number of morpholine rings is 1. The van der Waals surface area contributed by atoms with Crippen molar-refractivity contribution in [3.63, 3.8) is 0 Å². The predicted octanol–water partition coefficient (Wildman–Crippen LogP) is -1.44. The molecular formula is C12H20NO5+. The maximum absolute atomic E-state index is 11.2. The molecule has 1 heterocycles. The van der Waals surface area contributed by atoms with E-state index in [9.17, 15) is 9.59 Å². The van der Waals surface area contributed by atoms with E-state index >= 15 is 0 Å². The fraction of sp³-hybridized carbons (Fsp3) is 0.667.